The zero-order valence-corrected chi connectivity index (χ0v) is 13.8. The van der Waals surface area contributed by atoms with E-state index in [0.717, 1.165) is 0 Å². The van der Waals surface area contributed by atoms with Gasteiger partial charge in [0.1, 0.15) is 5.82 Å². The van der Waals surface area contributed by atoms with Crippen LogP contribution in [0.5, 0.6) is 0 Å². The third-order valence-electron chi connectivity index (χ3n) is 3.10. The van der Waals surface area contributed by atoms with Crippen LogP contribution in [0.25, 0.3) is 0 Å². The SMILES string of the molecule is CC(=O)N(C/C=C/C(C)N(C)C)c1cc(F)ccc1Br. The van der Waals surface area contributed by atoms with Crippen LogP contribution in [-0.2, 0) is 4.79 Å². The highest BCUT2D eigenvalue weighted by atomic mass is 79.9. The summed E-state index contributed by atoms with van der Waals surface area (Å²) in [5.41, 5.74) is 0.541. The number of carbonyl (C=O) groups is 1. The van der Waals surface area contributed by atoms with E-state index >= 15 is 0 Å². The molecule has 0 aromatic heterocycles. The molecule has 0 heterocycles. The van der Waals surface area contributed by atoms with Gasteiger partial charge in [-0.1, -0.05) is 12.2 Å². The lowest BCUT2D eigenvalue weighted by Gasteiger charge is -2.22. The molecule has 110 valence electrons. The summed E-state index contributed by atoms with van der Waals surface area (Å²) in [6.45, 7) is 3.95. The maximum atomic E-state index is 13.3. The largest absolute Gasteiger partial charge is 0.308 e. The average molecular weight is 343 g/mol. The molecule has 0 saturated carbocycles. The van der Waals surface area contributed by atoms with Crippen LogP contribution in [-0.4, -0.2) is 37.5 Å². The van der Waals surface area contributed by atoms with Crippen molar-refractivity contribution in [3.05, 3.63) is 40.6 Å². The summed E-state index contributed by atoms with van der Waals surface area (Å²) in [5.74, 6) is -0.487. The second-order valence-electron chi connectivity index (χ2n) is 4.86. The fourth-order valence-electron chi connectivity index (χ4n) is 1.62. The van der Waals surface area contributed by atoms with Gasteiger partial charge in [-0.2, -0.15) is 0 Å². The van der Waals surface area contributed by atoms with Crippen molar-refractivity contribution < 1.29 is 9.18 Å². The standard InChI is InChI=1S/C15H20BrFN2O/c1-11(18(3)4)6-5-9-19(12(2)20)15-10-13(17)7-8-14(15)16/h5-8,10-11H,9H2,1-4H3/b6-5+. The molecule has 20 heavy (non-hydrogen) atoms. The predicted molar refractivity (Wildman–Crippen MR) is 84.4 cm³/mol. The number of hydrogen-bond donors (Lipinski definition) is 0. The molecule has 0 fully saturated rings. The van der Waals surface area contributed by atoms with Crippen LogP contribution in [0.3, 0.4) is 0 Å². The minimum Gasteiger partial charge on any atom is -0.308 e. The number of likely N-dealkylation sites (N-methyl/N-ethyl adjacent to an activating group) is 1. The number of halogens is 2. The first-order valence-corrected chi connectivity index (χ1v) is 7.18. The summed E-state index contributed by atoms with van der Waals surface area (Å²) in [4.78, 5) is 15.4. The van der Waals surface area contributed by atoms with Crippen molar-refractivity contribution in [1.29, 1.82) is 0 Å². The molecule has 0 aliphatic rings. The molecule has 0 radical (unpaired) electrons. The van der Waals surface area contributed by atoms with Crippen LogP contribution < -0.4 is 4.90 Å². The van der Waals surface area contributed by atoms with Crippen molar-refractivity contribution in [3.63, 3.8) is 0 Å². The Balaban J connectivity index is 2.90. The average Bonchev–Trinajstić information content (AvgIpc) is 2.37. The Morgan fingerprint density at radius 3 is 2.65 bits per heavy atom. The number of carbonyl (C=O) groups excluding carboxylic acids is 1. The zero-order chi connectivity index (χ0) is 15.3. The Kier molecular flexibility index (Phi) is 6.36. The van der Waals surface area contributed by atoms with Gasteiger partial charge in [-0.05, 0) is 55.1 Å². The van der Waals surface area contributed by atoms with Crippen molar-refractivity contribution in [3.8, 4) is 0 Å². The second kappa shape index (κ2) is 7.55. The highest BCUT2D eigenvalue weighted by Gasteiger charge is 2.14. The molecule has 0 saturated heterocycles. The van der Waals surface area contributed by atoms with E-state index in [1.165, 1.54) is 24.0 Å². The molecule has 3 nitrogen and oxygen atoms in total. The van der Waals surface area contributed by atoms with Gasteiger partial charge in [0.2, 0.25) is 5.91 Å². The number of hydrogen-bond acceptors (Lipinski definition) is 2. The monoisotopic (exact) mass is 342 g/mol. The van der Waals surface area contributed by atoms with E-state index in [1.807, 2.05) is 26.2 Å². The molecular weight excluding hydrogens is 323 g/mol. The lowest BCUT2D eigenvalue weighted by molar-refractivity contribution is -0.116. The van der Waals surface area contributed by atoms with Crippen LogP contribution in [0.4, 0.5) is 10.1 Å². The van der Waals surface area contributed by atoms with Crippen molar-refractivity contribution >= 4 is 27.5 Å². The third kappa shape index (κ3) is 4.72. The number of nitrogens with zero attached hydrogens (tertiary/aromatic N) is 2. The quantitative estimate of drug-likeness (QED) is 0.765. The molecule has 5 heteroatoms. The third-order valence-corrected chi connectivity index (χ3v) is 3.77. The number of anilines is 1. The lowest BCUT2D eigenvalue weighted by atomic mass is 10.2. The highest BCUT2D eigenvalue weighted by molar-refractivity contribution is 9.10. The minimum atomic E-state index is -0.361. The number of amides is 1. The van der Waals surface area contributed by atoms with Gasteiger partial charge in [-0.3, -0.25) is 4.79 Å². The summed E-state index contributed by atoms with van der Waals surface area (Å²) in [5, 5.41) is 0. The van der Waals surface area contributed by atoms with E-state index < -0.39 is 0 Å². The van der Waals surface area contributed by atoms with Crippen LogP contribution in [0.2, 0.25) is 0 Å². The van der Waals surface area contributed by atoms with Crippen molar-refractivity contribution in [2.45, 2.75) is 19.9 Å². The Bertz CT molecular complexity index is 503. The molecule has 1 atom stereocenters. The van der Waals surface area contributed by atoms with Crippen LogP contribution in [0, 0.1) is 5.82 Å². The molecular formula is C15H20BrFN2O. The van der Waals surface area contributed by atoms with Gasteiger partial charge >= 0.3 is 0 Å². The van der Waals surface area contributed by atoms with Crippen molar-refractivity contribution in [2.24, 2.45) is 0 Å². The summed E-state index contributed by atoms with van der Waals surface area (Å²) in [7, 11) is 3.97. The normalized spacial score (nSPS) is 12.9. The van der Waals surface area contributed by atoms with Gasteiger partial charge in [0, 0.05) is 24.0 Å². The van der Waals surface area contributed by atoms with Gasteiger partial charge in [0.15, 0.2) is 0 Å². The Morgan fingerprint density at radius 1 is 1.45 bits per heavy atom. The molecule has 1 aromatic carbocycles. The molecule has 0 N–H and O–H groups in total. The topological polar surface area (TPSA) is 23.6 Å². The van der Waals surface area contributed by atoms with Gasteiger partial charge in [-0.25, -0.2) is 4.39 Å². The molecule has 0 bridgehead atoms. The molecule has 0 aliphatic heterocycles. The predicted octanol–water partition coefficient (Wildman–Crippen LogP) is 3.45. The second-order valence-corrected chi connectivity index (χ2v) is 5.71. The first kappa shape index (κ1) is 16.9. The molecule has 0 spiro atoms. The van der Waals surface area contributed by atoms with Crippen LogP contribution in [0.1, 0.15) is 13.8 Å². The van der Waals surface area contributed by atoms with E-state index in [4.69, 9.17) is 0 Å². The van der Waals surface area contributed by atoms with Gasteiger partial charge in [-0.15, -0.1) is 0 Å². The van der Waals surface area contributed by atoms with Crippen molar-refractivity contribution in [2.75, 3.05) is 25.5 Å². The van der Waals surface area contributed by atoms with Crippen LogP contribution in [0.15, 0.2) is 34.8 Å². The van der Waals surface area contributed by atoms with E-state index in [0.29, 0.717) is 16.7 Å². The van der Waals surface area contributed by atoms with E-state index in [1.54, 1.807) is 6.07 Å². The molecule has 1 rings (SSSR count). The fraction of sp³-hybridized carbons (Fsp3) is 0.400. The van der Waals surface area contributed by atoms with Gasteiger partial charge < -0.3 is 9.80 Å². The molecule has 0 aliphatic carbocycles. The molecule has 1 aromatic rings. The Hall–Kier alpha value is -1.20. The molecule has 1 unspecified atom stereocenters. The van der Waals surface area contributed by atoms with E-state index in [2.05, 4.69) is 27.8 Å². The maximum absolute atomic E-state index is 13.3. The minimum absolute atomic E-state index is 0.126. The zero-order valence-electron chi connectivity index (χ0n) is 12.2. The summed E-state index contributed by atoms with van der Waals surface area (Å²) >= 11 is 3.35. The summed E-state index contributed by atoms with van der Waals surface area (Å²) < 4.78 is 14.0. The molecule has 1 amide bonds. The first-order chi connectivity index (χ1) is 9.32. The van der Waals surface area contributed by atoms with Crippen molar-refractivity contribution in [1.82, 2.24) is 4.90 Å². The van der Waals surface area contributed by atoms with Gasteiger partial charge in [0.05, 0.1) is 5.69 Å². The number of benzene rings is 1. The number of rotatable bonds is 5. The van der Waals surface area contributed by atoms with E-state index in [-0.39, 0.29) is 17.8 Å². The summed E-state index contributed by atoms with van der Waals surface area (Å²) in [6, 6.07) is 4.59. The fourth-order valence-corrected chi connectivity index (χ4v) is 2.09. The lowest BCUT2D eigenvalue weighted by Crippen LogP contribution is -2.29. The highest BCUT2D eigenvalue weighted by Crippen LogP contribution is 2.27. The summed E-state index contributed by atoms with van der Waals surface area (Å²) in [6.07, 6.45) is 3.94. The Labute approximate surface area is 128 Å². The van der Waals surface area contributed by atoms with Gasteiger partial charge in [0.25, 0.3) is 0 Å². The smallest absolute Gasteiger partial charge is 0.224 e. The van der Waals surface area contributed by atoms with E-state index in [9.17, 15) is 9.18 Å². The first-order valence-electron chi connectivity index (χ1n) is 6.39. The maximum Gasteiger partial charge on any atom is 0.224 e. The Morgan fingerprint density at radius 2 is 2.10 bits per heavy atom. The van der Waals surface area contributed by atoms with Crippen LogP contribution >= 0.6 is 15.9 Å².